The lowest BCUT2D eigenvalue weighted by atomic mass is 10.1. The Hall–Kier alpha value is -2.18. The van der Waals surface area contributed by atoms with Gasteiger partial charge in [0.2, 0.25) is 5.91 Å². The Morgan fingerprint density at radius 3 is 2.72 bits per heavy atom. The van der Waals surface area contributed by atoms with Crippen LogP contribution >= 0.6 is 0 Å². The van der Waals surface area contributed by atoms with E-state index >= 15 is 0 Å². The smallest absolute Gasteiger partial charge is 0.239 e. The first-order valence-corrected chi connectivity index (χ1v) is 11.0. The van der Waals surface area contributed by atoms with E-state index in [1.807, 2.05) is 6.20 Å². The lowest BCUT2D eigenvalue weighted by Gasteiger charge is -2.38. The number of likely N-dealkylation sites (tertiary alicyclic amines) is 1. The zero-order chi connectivity index (χ0) is 19.8. The number of hydrogen-bond donors (Lipinski definition) is 1. The summed E-state index contributed by atoms with van der Waals surface area (Å²) in [5, 5.41) is 5.98. The van der Waals surface area contributed by atoms with E-state index in [0.717, 1.165) is 64.5 Å². The minimum atomic E-state index is 0.00284. The number of rotatable bonds is 3. The van der Waals surface area contributed by atoms with Gasteiger partial charge in [0.1, 0.15) is 5.82 Å². The Balaban J connectivity index is 1.19. The van der Waals surface area contributed by atoms with Crippen LogP contribution < -0.4 is 10.2 Å². The molecular weight excluding hydrogens is 362 g/mol. The molecule has 4 heterocycles. The van der Waals surface area contributed by atoms with Crippen LogP contribution in [0, 0.1) is 5.92 Å². The number of piperazine rings is 1. The van der Waals surface area contributed by atoms with E-state index < -0.39 is 0 Å². The zero-order valence-electron chi connectivity index (χ0n) is 17.3. The SMILES string of the molecule is CC1CCN(C(=O)[C@@H]2C[C@H](N3CCN(c4nccc5ccccc45)CC3)CN2)C1. The number of carbonyl (C=O) groups is 1. The lowest BCUT2D eigenvalue weighted by Crippen LogP contribution is -2.51. The van der Waals surface area contributed by atoms with Crippen LogP contribution in [-0.4, -0.2) is 78.6 Å². The number of aromatic nitrogens is 1. The van der Waals surface area contributed by atoms with Gasteiger partial charge in [-0.25, -0.2) is 4.98 Å². The van der Waals surface area contributed by atoms with Crippen molar-refractivity contribution in [3.05, 3.63) is 36.5 Å². The molecule has 5 rings (SSSR count). The monoisotopic (exact) mass is 393 g/mol. The molecule has 0 spiro atoms. The molecule has 3 saturated heterocycles. The number of anilines is 1. The second-order valence-corrected chi connectivity index (χ2v) is 8.91. The standard InChI is InChI=1S/C23H31N5O/c1-17-7-9-28(16-17)23(29)21-14-19(15-25-21)26-10-12-27(13-11-26)22-20-5-3-2-4-18(20)6-8-24-22/h2-6,8,17,19,21,25H,7,9-16H2,1H3/t17?,19-,21-/m0/s1. The summed E-state index contributed by atoms with van der Waals surface area (Å²) in [5.74, 6) is 2.06. The van der Waals surface area contributed by atoms with E-state index in [2.05, 4.69) is 62.3 Å². The van der Waals surface area contributed by atoms with Gasteiger partial charge in [0.05, 0.1) is 6.04 Å². The highest BCUT2D eigenvalue weighted by Gasteiger charge is 2.37. The molecule has 1 N–H and O–H groups in total. The van der Waals surface area contributed by atoms with Crippen LogP contribution in [0.25, 0.3) is 10.8 Å². The highest BCUT2D eigenvalue weighted by atomic mass is 16.2. The fourth-order valence-corrected chi connectivity index (χ4v) is 5.19. The molecule has 154 valence electrons. The Bertz CT molecular complexity index is 873. The summed E-state index contributed by atoms with van der Waals surface area (Å²) < 4.78 is 0. The molecule has 0 aliphatic carbocycles. The molecular formula is C23H31N5O. The number of nitrogens with zero attached hydrogens (tertiary/aromatic N) is 4. The van der Waals surface area contributed by atoms with Crippen LogP contribution in [-0.2, 0) is 4.79 Å². The molecule has 3 atom stereocenters. The van der Waals surface area contributed by atoms with E-state index in [1.165, 1.54) is 10.8 Å². The molecule has 6 nitrogen and oxygen atoms in total. The van der Waals surface area contributed by atoms with Gasteiger partial charge in [-0.05, 0) is 30.2 Å². The molecule has 1 amide bonds. The summed E-state index contributed by atoms with van der Waals surface area (Å²) in [4.78, 5) is 24.5. The van der Waals surface area contributed by atoms with Gasteiger partial charge in [-0.2, -0.15) is 0 Å². The fraction of sp³-hybridized carbons (Fsp3) is 0.565. The average molecular weight is 394 g/mol. The Kier molecular flexibility index (Phi) is 5.14. The maximum Gasteiger partial charge on any atom is 0.239 e. The highest BCUT2D eigenvalue weighted by molar-refractivity contribution is 5.92. The van der Waals surface area contributed by atoms with Crippen LogP contribution in [0.15, 0.2) is 36.5 Å². The number of fused-ring (bicyclic) bond motifs is 1. The summed E-state index contributed by atoms with van der Waals surface area (Å²) in [5.41, 5.74) is 0. The fourth-order valence-electron chi connectivity index (χ4n) is 5.19. The second kappa shape index (κ2) is 7.92. The number of nitrogens with one attached hydrogen (secondary N) is 1. The maximum atomic E-state index is 12.8. The van der Waals surface area contributed by atoms with Crippen molar-refractivity contribution in [2.75, 3.05) is 50.7 Å². The zero-order valence-corrected chi connectivity index (χ0v) is 17.3. The topological polar surface area (TPSA) is 51.7 Å². The highest BCUT2D eigenvalue weighted by Crippen LogP contribution is 2.26. The molecule has 3 fully saturated rings. The van der Waals surface area contributed by atoms with Crippen molar-refractivity contribution in [1.29, 1.82) is 0 Å². The molecule has 1 aromatic heterocycles. The Morgan fingerprint density at radius 2 is 1.93 bits per heavy atom. The molecule has 1 aromatic carbocycles. The quantitative estimate of drug-likeness (QED) is 0.864. The van der Waals surface area contributed by atoms with Crippen LogP contribution in [0.3, 0.4) is 0 Å². The predicted octanol–water partition coefficient (Wildman–Crippen LogP) is 1.96. The van der Waals surface area contributed by atoms with Crippen molar-refractivity contribution in [2.45, 2.75) is 31.8 Å². The average Bonchev–Trinajstić information content (AvgIpc) is 3.43. The first-order valence-electron chi connectivity index (χ1n) is 11.0. The van der Waals surface area contributed by atoms with Crippen LogP contribution in [0.5, 0.6) is 0 Å². The van der Waals surface area contributed by atoms with Gasteiger partial charge < -0.3 is 15.1 Å². The molecule has 2 aromatic rings. The van der Waals surface area contributed by atoms with E-state index in [-0.39, 0.29) is 6.04 Å². The minimum absolute atomic E-state index is 0.00284. The van der Waals surface area contributed by atoms with Gasteiger partial charge in [-0.15, -0.1) is 0 Å². The molecule has 1 unspecified atom stereocenters. The van der Waals surface area contributed by atoms with Crippen molar-refractivity contribution < 1.29 is 4.79 Å². The van der Waals surface area contributed by atoms with E-state index in [1.54, 1.807) is 0 Å². The molecule has 29 heavy (non-hydrogen) atoms. The molecule has 0 saturated carbocycles. The summed E-state index contributed by atoms with van der Waals surface area (Å²) in [6.45, 7) is 9.05. The predicted molar refractivity (Wildman–Crippen MR) is 116 cm³/mol. The Labute approximate surface area is 172 Å². The molecule has 0 radical (unpaired) electrons. The number of pyridine rings is 1. The third-order valence-corrected chi connectivity index (χ3v) is 6.92. The minimum Gasteiger partial charge on any atom is -0.354 e. The number of benzene rings is 1. The van der Waals surface area contributed by atoms with Crippen molar-refractivity contribution in [2.24, 2.45) is 5.92 Å². The van der Waals surface area contributed by atoms with Gasteiger partial charge >= 0.3 is 0 Å². The summed E-state index contributed by atoms with van der Waals surface area (Å²) in [6.07, 6.45) is 4.00. The number of hydrogen-bond acceptors (Lipinski definition) is 5. The Morgan fingerprint density at radius 1 is 1.10 bits per heavy atom. The summed E-state index contributed by atoms with van der Waals surface area (Å²) in [7, 11) is 0. The third-order valence-electron chi connectivity index (χ3n) is 6.92. The third kappa shape index (κ3) is 3.71. The molecule has 6 heteroatoms. The molecule has 3 aliphatic rings. The van der Waals surface area contributed by atoms with E-state index in [0.29, 0.717) is 17.9 Å². The van der Waals surface area contributed by atoms with E-state index in [9.17, 15) is 4.79 Å². The van der Waals surface area contributed by atoms with Gasteiger partial charge in [-0.1, -0.05) is 31.2 Å². The van der Waals surface area contributed by atoms with Crippen molar-refractivity contribution in [1.82, 2.24) is 20.1 Å². The number of carbonyl (C=O) groups excluding carboxylic acids is 1. The van der Waals surface area contributed by atoms with E-state index in [4.69, 9.17) is 0 Å². The van der Waals surface area contributed by atoms with Crippen LogP contribution in [0.4, 0.5) is 5.82 Å². The van der Waals surface area contributed by atoms with Gasteiger partial charge in [0.25, 0.3) is 0 Å². The molecule has 0 bridgehead atoms. The van der Waals surface area contributed by atoms with Gasteiger partial charge in [0.15, 0.2) is 0 Å². The van der Waals surface area contributed by atoms with Crippen molar-refractivity contribution >= 4 is 22.5 Å². The normalized spacial score (nSPS) is 28.4. The van der Waals surface area contributed by atoms with Gasteiger partial charge in [-0.3, -0.25) is 9.69 Å². The van der Waals surface area contributed by atoms with Crippen LogP contribution in [0.1, 0.15) is 19.8 Å². The largest absolute Gasteiger partial charge is 0.354 e. The van der Waals surface area contributed by atoms with Crippen molar-refractivity contribution in [3.63, 3.8) is 0 Å². The first-order chi connectivity index (χ1) is 14.2. The molecule has 3 aliphatic heterocycles. The van der Waals surface area contributed by atoms with Crippen molar-refractivity contribution in [3.8, 4) is 0 Å². The van der Waals surface area contributed by atoms with Crippen LogP contribution in [0.2, 0.25) is 0 Å². The summed E-state index contributed by atoms with van der Waals surface area (Å²) in [6, 6.07) is 11.0. The first kappa shape index (κ1) is 18.8. The second-order valence-electron chi connectivity index (χ2n) is 8.91. The van der Waals surface area contributed by atoms with Gasteiger partial charge in [0, 0.05) is 63.4 Å². The number of amides is 1. The summed E-state index contributed by atoms with van der Waals surface area (Å²) >= 11 is 0. The maximum absolute atomic E-state index is 12.8. The lowest BCUT2D eigenvalue weighted by molar-refractivity contribution is -0.132.